The fourth-order valence-electron chi connectivity index (χ4n) is 2.52. The Bertz CT molecular complexity index is 991. The molecule has 1 aromatic heterocycles. The van der Waals surface area contributed by atoms with Gasteiger partial charge in [0.25, 0.3) is 5.91 Å². The number of para-hydroxylation sites is 2. The number of hydrogen-bond acceptors (Lipinski definition) is 5. The van der Waals surface area contributed by atoms with Crippen LogP contribution in [0.25, 0.3) is 5.69 Å². The van der Waals surface area contributed by atoms with Gasteiger partial charge in [0.05, 0.1) is 12.3 Å². The molecule has 0 aliphatic carbocycles. The van der Waals surface area contributed by atoms with E-state index in [2.05, 4.69) is 5.32 Å². The van der Waals surface area contributed by atoms with E-state index in [1.807, 2.05) is 56.3 Å². The number of rotatable bonds is 5. The maximum absolute atomic E-state index is 12.7. The largest absolute Gasteiger partial charge is 0.492 e. The fourth-order valence-corrected chi connectivity index (χ4v) is 3.78. The summed E-state index contributed by atoms with van der Waals surface area (Å²) in [5, 5.41) is 2.86. The van der Waals surface area contributed by atoms with Crippen LogP contribution in [-0.2, 0) is 0 Å². The van der Waals surface area contributed by atoms with Gasteiger partial charge in [-0.1, -0.05) is 41.2 Å². The van der Waals surface area contributed by atoms with Crippen LogP contribution < -0.4 is 15.8 Å². The van der Waals surface area contributed by atoms with Crippen molar-refractivity contribution in [2.24, 2.45) is 0 Å². The predicted molar refractivity (Wildman–Crippen MR) is 109 cm³/mol. The van der Waals surface area contributed by atoms with Gasteiger partial charge >= 0.3 is 0 Å². The number of aryl methyl sites for hydroxylation is 1. The van der Waals surface area contributed by atoms with Crippen molar-refractivity contribution in [3.05, 3.63) is 62.9 Å². The van der Waals surface area contributed by atoms with Crippen molar-refractivity contribution < 1.29 is 9.53 Å². The van der Waals surface area contributed by atoms with Gasteiger partial charge in [-0.3, -0.25) is 9.36 Å². The van der Waals surface area contributed by atoms with Crippen molar-refractivity contribution in [1.82, 2.24) is 4.57 Å². The molecule has 1 amide bonds. The Kier molecular flexibility index (Phi) is 5.39. The third-order valence-corrected chi connectivity index (χ3v) is 5.17. The Morgan fingerprint density at radius 2 is 1.92 bits per heavy atom. The summed E-state index contributed by atoms with van der Waals surface area (Å²) in [4.78, 5) is 13.1. The first-order valence-electron chi connectivity index (χ1n) is 8.12. The lowest BCUT2D eigenvalue weighted by molar-refractivity contribution is 0.103. The molecule has 0 bridgehead atoms. The molecule has 134 valence electrons. The number of aromatic nitrogens is 1. The number of anilines is 2. The zero-order valence-electron chi connectivity index (χ0n) is 14.5. The van der Waals surface area contributed by atoms with Crippen molar-refractivity contribution in [2.75, 3.05) is 17.7 Å². The molecular weight excluding hydrogens is 366 g/mol. The number of amides is 1. The zero-order chi connectivity index (χ0) is 18.7. The summed E-state index contributed by atoms with van der Waals surface area (Å²) in [5.41, 5.74) is 8.81. The lowest BCUT2D eigenvalue weighted by Gasteiger charge is -2.11. The minimum Gasteiger partial charge on any atom is -0.492 e. The molecule has 26 heavy (non-hydrogen) atoms. The van der Waals surface area contributed by atoms with Gasteiger partial charge in [0.1, 0.15) is 16.4 Å². The topological polar surface area (TPSA) is 69.3 Å². The molecule has 3 N–H and O–H groups in total. The highest BCUT2D eigenvalue weighted by Crippen LogP contribution is 2.29. The second-order valence-electron chi connectivity index (χ2n) is 5.64. The van der Waals surface area contributed by atoms with Gasteiger partial charge in [0, 0.05) is 5.69 Å². The number of nitrogens with zero attached hydrogens (tertiary/aromatic N) is 1. The van der Waals surface area contributed by atoms with Crippen LogP contribution in [-0.4, -0.2) is 17.1 Å². The molecule has 0 spiro atoms. The minimum atomic E-state index is -0.309. The summed E-state index contributed by atoms with van der Waals surface area (Å²) in [6.07, 6.45) is 0. The molecular formula is C19H19N3O2S2. The Morgan fingerprint density at radius 3 is 2.62 bits per heavy atom. The van der Waals surface area contributed by atoms with Gasteiger partial charge in [-0.2, -0.15) is 0 Å². The Morgan fingerprint density at radius 1 is 1.23 bits per heavy atom. The Hall–Kier alpha value is -2.64. The zero-order valence-corrected chi connectivity index (χ0v) is 16.1. The normalized spacial score (nSPS) is 10.5. The van der Waals surface area contributed by atoms with E-state index in [-0.39, 0.29) is 5.91 Å². The van der Waals surface area contributed by atoms with Gasteiger partial charge in [0.15, 0.2) is 3.95 Å². The van der Waals surface area contributed by atoms with Crippen LogP contribution in [0.4, 0.5) is 11.5 Å². The average molecular weight is 386 g/mol. The molecule has 0 atom stereocenters. The molecule has 5 nitrogen and oxygen atoms in total. The predicted octanol–water partition coefficient (Wildman–Crippen LogP) is 4.81. The first kappa shape index (κ1) is 18.2. The van der Waals surface area contributed by atoms with E-state index in [0.717, 1.165) is 11.3 Å². The van der Waals surface area contributed by atoms with E-state index < -0.39 is 0 Å². The average Bonchev–Trinajstić information content (AvgIpc) is 2.92. The third kappa shape index (κ3) is 3.63. The molecule has 7 heteroatoms. The molecule has 0 unspecified atom stereocenters. The van der Waals surface area contributed by atoms with Crippen LogP contribution in [0.2, 0.25) is 0 Å². The number of nitrogens with one attached hydrogen (secondary N) is 1. The van der Waals surface area contributed by atoms with Gasteiger partial charge in [-0.25, -0.2) is 0 Å². The SMILES string of the molecule is CCOc1ccccc1NC(=O)c1sc(=S)n(-c2ccc(C)cc2)c1N. The maximum Gasteiger partial charge on any atom is 0.269 e. The number of nitrogen functional groups attached to an aromatic ring is 1. The van der Waals surface area contributed by atoms with Gasteiger partial charge in [0.2, 0.25) is 0 Å². The molecule has 2 aromatic carbocycles. The van der Waals surface area contributed by atoms with Crippen LogP contribution in [0.15, 0.2) is 48.5 Å². The molecule has 0 aliphatic heterocycles. The number of carbonyl (C=O) groups excluding carboxylic acids is 1. The van der Waals surface area contributed by atoms with E-state index in [1.54, 1.807) is 10.6 Å². The molecule has 0 saturated heterocycles. The first-order chi connectivity index (χ1) is 12.5. The summed E-state index contributed by atoms with van der Waals surface area (Å²) in [6.45, 7) is 4.41. The smallest absolute Gasteiger partial charge is 0.269 e. The lowest BCUT2D eigenvalue weighted by Crippen LogP contribution is -2.14. The highest BCUT2D eigenvalue weighted by Gasteiger charge is 2.19. The fraction of sp³-hybridized carbons (Fsp3) is 0.158. The van der Waals surface area contributed by atoms with Crippen molar-refractivity contribution >= 4 is 41.0 Å². The minimum absolute atomic E-state index is 0.309. The van der Waals surface area contributed by atoms with Crippen LogP contribution >= 0.6 is 23.6 Å². The molecule has 0 radical (unpaired) electrons. The second-order valence-corrected chi connectivity index (χ2v) is 7.28. The van der Waals surface area contributed by atoms with Crippen molar-refractivity contribution in [2.45, 2.75) is 13.8 Å². The van der Waals surface area contributed by atoms with Gasteiger partial charge in [-0.15, -0.1) is 0 Å². The lowest BCUT2D eigenvalue weighted by atomic mass is 10.2. The maximum atomic E-state index is 12.7. The monoisotopic (exact) mass is 385 g/mol. The molecule has 3 aromatic rings. The van der Waals surface area contributed by atoms with Crippen molar-refractivity contribution in [3.8, 4) is 11.4 Å². The van der Waals surface area contributed by atoms with Crippen LogP contribution in [0.5, 0.6) is 5.75 Å². The Balaban J connectivity index is 1.93. The first-order valence-corrected chi connectivity index (χ1v) is 9.35. The summed E-state index contributed by atoms with van der Waals surface area (Å²) in [7, 11) is 0. The number of benzene rings is 2. The standard InChI is InChI=1S/C19H19N3O2S2/c1-3-24-15-7-5-4-6-14(15)21-18(23)16-17(20)22(19(25)26-16)13-10-8-12(2)9-11-13/h4-11H,3,20H2,1-2H3,(H,21,23). The van der Waals surface area contributed by atoms with Crippen LogP contribution in [0, 0.1) is 10.9 Å². The number of ether oxygens (including phenoxy) is 1. The van der Waals surface area contributed by atoms with E-state index in [1.165, 1.54) is 11.3 Å². The Labute approximate surface area is 161 Å². The summed E-state index contributed by atoms with van der Waals surface area (Å²) in [5.74, 6) is 0.635. The third-order valence-electron chi connectivity index (χ3n) is 3.78. The number of nitrogens with two attached hydrogens (primary N) is 1. The van der Waals surface area contributed by atoms with E-state index in [9.17, 15) is 4.79 Å². The second kappa shape index (κ2) is 7.72. The van der Waals surface area contributed by atoms with Crippen molar-refractivity contribution in [3.63, 3.8) is 0 Å². The van der Waals surface area contributed by atoms with Crippen molar-refractivity contribution in [1.29, 1.82) is 0 Å². The van der Waals surface area contributed by atoms with Gasteiger partial charge in [-0.05, 0) is 50.3 Å². The quantitative estimate of drug-likeness (QED) is 0.619. The highest BCUT2D eigenvalue weighted by molar-refractivity contribution is 7.73. The summed E-state index contributed by atoms with van der Waals surface area (Å²) < 4.78 is 7.78. The van der Waals surface area contributed by atoms with E-state index >= 15 is 0 Å². The van der Waals surface area contributed by atoms with E-state index in [0.29, 0.717) is 32.7 Å². The van der Waals surface area contributed by atoms with Crippen LogP contribution in [0.3, 0.4) is 0 Å². The summed E-state index contributed by atoms with van der Waals surface area (Å²) in [6, 6.07) is 15.1. The summed E-state index contributed by atoms with van der Waals surface area (Å²) >= 11 is 6.61. The molecule has 0 fully saturated rings. The van der Waals surface area contributed by atoms with Gasteiger partial charge < -0.3 is 15.8 Å². The number of thiazole rings is 1. The van der Waals surface area contributed by atoms with Crippen LogP contribution in [0.1, 0.15) is 22.2 Å². The molecule has 0 aliphatic rings. The number of carbonyl (C=O) groups is 1. The molecule has 3 rings (SSSR count). The number of hydrogen-bond donors (Lipinski definition) is 2. The molecule has 0 saturated carbocycles. The molecule has 1 heterocycles. The highest BCUT2D eigenvalue weighted by atomic mass is 32.1. The van der Waals surface area contributed by atoms with E-state index in [4.69, 9.17) is 22.7 Å².